The average Bonchev–Trinajstić information content (AvgIpc) is 3.10. The van der Waals surface area contributed by atoms with Gasteiger partial charge >= 0.3 is 6.18 Å². The molecule has 1 aliphatic heterocycles. The molecule has 0 bridgehead atoms. The van der Waals surface area contributed by atoms with E-state index in [1.165, 1.54) is 4.90 Å². The maximum atomic E-state index is 13.4. The molecular formula is C18H25F3N2O. The Balaban J connectivity index is 1.65. The zero-order chi connectivity index (χ0) is 17.3. The number of hydrogen-bond acceptors (Lipinski definition) is 3. The summed E-state index contributed by atoms with van der Waals surface area (Å²) in [6.45, 7) is -0.000651. The van der Waals surface area contributed by atoms with E-state index in [0.29, 0.717) is 6.42 Å². The van der Waals surface area contributed by atoms with Gasteiger partial charge in [-0.25, -0.2) is 0 Å². The monoisotopic (exact) mass is 342 g/mol. The van der Waals surface area contributed by atoms with Crippen molar-refractivity contribution in [1.29, 1.82) is 0 Å². The summed E-state index contributed by atoms with van der Waals surface area (Å²) < 4.78 is 40.1. The predicted octanol–water partition coefficient (Wildman–Crippen LogP) is 2.72. The lowest BCUT2D eigenvalue weighted by atomic mass is 10.0. The molecule has 5 atom stereocenters. The van der Waals surface area contributed by atoms with Crippen LogP contribution in [-0.2, 0) is 6.42 Å². The maximum Gasteiger partial charge on any atom is 0.404 e. The van der Waals surface area contributed by atoms with Gasteiger partial charge in [0.15, 0.2) is 0 Å². The van der Waals surface area contributed by atoms with Gasteiger partial charge in [0.25, 0.3) is 0 Å². The number of benzene rings is 1. The van der Waals surface area contributed by atoms with E-state index < -0.39 is 24.4 Å². The molecule has 3 rings (SSSR count). The van der Waals surface area contributed by atoms with Crippen molar-refractivity contribution in [2.75, 3.05) is 6.54 Å². The number of halogens is 3. The van der Waals surface area contributed by atoms with Gasteiger partial charge in [-0.05, 0) is 37.2 Å². The van der Waals surface area contributed by atoms with E-state index in [9.17, 15) is 18.3 Å². The number of rotatable bonds is 5. The molecule has 0 amide bonds. The third-order valence-electron chi connectivity index (χ3n) is 5.56. The number of hydrogen-bond donors (Lipinski definition) is 2. The van der Waals surface area contributed by atoms with Crippen LogP contribution in [0.3, 0.4) is 0 Å². The lowest BCUT2D eigenvalue weighted by molar-refractivity contribution is -0.182. The number of fused-ring (bicyclic) bond motifs is 1. The first-order valence-electron chi connectivity index (χ1n) is 8.66. The van der Waals surface area contributed by atoms with Gasteiger partial charge in [0, 0.05) is 18.6 Å². The lowest BCUT2D eigenvalue weighted by Gasteiger charge is -2.34. The van der Waals surface area contributed by atoms with Crippen LogP contribution < -0.4 is 5.73 Å². The highest BCUT2D eigenvalue weighted by Gasteiger charge is 2.54. The minimum atomic E-state index is -4.24. The Hall–Kier alpha value is -1.11. The van der Waals surface area contributed by atoms with Gasteiger partial charge in [-0.15, -0.1) is 0 Å². The first-order chi connectivity index (χ1) is 11.4. The van der Waals surface area contributed by atoms with Crippen LogP contribution in [-0.4, -0.2) is 47.0 Å². The van der Waals surface area contributed by atoms with Crippen molar-refractivity contribution in [3.8, 4) is 0 Å². The molecule has 0 spiro atoms. The highest BCUT2D eigenvalue weighted by molar-refractivity contribution is 5.16. The van der Waals surface area contributed by atoms with Crippen LogP contribution in [0.1, 0.15) is 31.2 Å². The van der Waals surface area contributed by atoms with Gasteiger partial charge in [0.2, 0.25) is 0 Å². The summed E-state index contributed by atoms with van der Waals surface area (Å²) in [5.74, 6) is 0.106. The third kappa shape index (κ3) is 3.76. The topological polar surface area (TPSA) is 49.5 Å². The molecule has 134 valence electrons. The zero-order valence-corrected chi connectivity index (χ0v) is 13.6. The molecule has 1 aromatic rings. The van der Waals surface area contributed by atoms with Crippen LogP contribution in [0.5, 0.6) is 0 Å². The summed E-state index contributed by atoms with van der Waals surface area (Å²) in [6.07, 6.45) is -1.96. The molecule has 3 N–H and O–H groups in total. The average molecular weight is 342 g/mol. The minimum absolute atomic E-state index is 0.000651. The third-order valence-corrected chi connectivity index (χ3v) is 5.56. The number of nitrogens with two attached hydrogens (primary N) is 1. The zero-order valence-electron chi connectivity index (χ0n) is 13.6. The van der Waals surface area contributed by atoms with E-state index >= 15 is 0 Å². The number of nitrogens with zero attached hydrogens (tertiary/aromatic N) is 1. The van der Waals surface area contributed by atoms with Crippen LogP contribution in [0.4, 0.5) is 13.2 Å². The number of likely N-dealkylation sites (tertiary alicyclic amines) is 1. The first-order valence-corrected chi connectivity index (χ1v) is 8.66. The Kier molecular flexibility index (Phi) is 5.18. The molecule has 2 fully saturated rings. The standard InChI is InChI=1S/C18H25F3N2O/c19-18(20,21)17-10-13-7-4-8-15(13)23(17)11-16(24)14(22)9-12-5-2-1-3-6-12/h1-3,5-6,13-17,24H,4,7-11,22H2/t13?,14-,15?,16+,17?/m0/s1. The molecule has 1 saturated carbocycles. The Bertz CT molecular complexity index is 537. The van der Waals surface area contributed by atoms with Gasteiger partial charge < -0.3 is 10.8 Å². The van der Waals surface area contributed by atoms with Crippen LogP contribution in [0.2, 0.25) is 0 Å². The van der Waals surface area contributed by atoms with E-state index in [1.54, 1.807) is 0 Å². The number of alkyl halides is 3. The van der Waals surface area contributed by atoms with Gasteiger partial charge in [-0.3, -0.25) is 4.90 Å². The van der Waals surface area contributed by atoms with Crippen LogP contribution in [0.15, 0.2) is 30.3 Å². The van der Waals surface area contributed by atoms with Crippen molar-refractivity contribution in [3.05, 3.63) is 35.9 Å². The maximum absolute atomic E-state index is 13.4. The second kappa shape index (κ2) is 7.02. The Morgan fingerprint density at radius 3 is 2.58 bits per heavy atom. The van der Waals surface area contributed by atoms with Crippen LogP contribution >= 0.6 is 0 Å². The van der Waals surface area contributed by atoms with E-state index in [4.69, 9.17) is 5.73 Å². The number of aliphatic hydroxyl groups excluding tert-OH is 1. The fourth-order valence-electron chi connectivity index (χ4n) is 4.34. The van der Waals surface area contributed by atoms with Crippen molar-refractivity contribution >= 4 is 0 Å². The second-order valence-electron chi connectivity index (χ2n) is 7.17. The van der Waals surface area contributed by atoms with E-state index in [0.717, 1.165) is 24.8 Å². The molecule has 1 saturated heterocycles. The van der Waals surface area contributed by atoms with Crippen molar-refractivity contribution < 1.29 is 18.3 Å². The van der Waals surface area contributed by atoms with Crippen molar-refractivity contribution in [1.82, 2.24) is 4.90 Å². The largest absolute Gasteiger partial charge is 0.404 e. The summed E-state index contributed by atoms with van der Waals surface area (Å²) in [4.78, 5) is 1.48. The summed E-state index contributed by atoms with van der Waals surface area (Å²) in [6, 6.07) is 7.42. The van der Waals surface area contributed by atoms with Gasteiger partial charge in [-0.1, -0.05) is 36.8 Å². The highest BCUT2D eigenvalue weighted by atomic mass is 19.4. The fourth-order valence-corrected chi connectivity index (χ4v) is 4.34. The summed E-state index contributed by atoms with van der Waals surface area (Å²) >= 11 is 0. The smallest absolute Gasteiger partial charge is 0.390 e. The molecule has 0 radical (unpaired) electrons. The quantitative estimate of drug-likeness (QED) is 0.865. The van der Waals surface area contributed by atoms with Gasteiger partial charge in [-0.2, -0.15) is 13.2 Å². The highest BCUT2D eigenvalue weighted by Crippen LogP contribution is 2.46. The fraction of sp³-hybridized carbons (Fsp3) is 0.667. The molecule has 1 aliphatic carbocycles. The van der Waals surface area contributed by atoms with Crippen LogP contribution in [0.25, 0.3) is 0 Å². The van der Waals surface area contributed by atoms with E-state index in [-0.39, 0.29) is 24.9 Å². The molecule has 1 heterocycles. The van der Waals surface area contributed by atoms with E-state index in [1.807, 2.05) is 30.3 Å². The summed E-state index contributed by atoms with van der Waals surface area (Å²) in [7, 11) is 0. The number of β-amino-alcohol motifs (C(OH)–C–C–N with tert-alkyl or cyclic N) is 1. The molecule has 3 unspecified atom stereocenters. The van der Waals surface area contributed by atoms with Gasteiger partial charge in [0.05, 0.1) is 6.10 Å². The molecular weight excluding hydrogens is 317 g/mol. The minimum Gasteiger partial charge on any atom is -0.390 e. The van der Waals surface area contributed by atoms with Crippen molar-refractivity contribution in [2.24, 2.45) is 11.7 Å². The van der Waals surface area contributed by atoms with E-state index in [2.05, 4.69) is 0 Å². The normalized spacial score (nSPS) is 30.3. The van der Waals surface area contributed by atoms with Crippen LogP contribution in [0, 0.1) is 5.92 Å². The Morgan fingerprint density at radius 2 is 1.92 bits per heavy atom. The van der Waals surface area contributed by atoms with Gasteiger partial charge in [0.1, 0.15) is 6.04 Å². The SMILES string of the molecule is N[C@@H](Cc1ccccc1)[C@H](O)CN1C2CCCC2CC1C(F)(F)F. The van der Waals surface area contributed by atoms with Crippen molar-refractivity contribution in [2.45, 2.75) is 62.5 Å². The molecule has 2 aliphatic rings. The molecule has 3 nitrogen and oxygen atoms in total. The van der Waals surface area contributed by atoms with Crippen molar-refractivity contribution in [3.63, 3.8) is 0 Å². The molecule has 24 heavy (non-hydrogen) atoms. The summed E-state index contributed by atoms with van der Waals surface area (Å²) in [5.41, 5.74) is 7.04. The first kappa shape index (κ1) is 17.7. The molecule has 1 aromatic carbocycles. The predicted molar refractivity (Wildman–Crippen MR) is 86.4 cm³/mol. The summed E-state index contributed by atoms with van der Waals surface area (Å²) in [5, 5.41) is 10.4. The molecule has 6 heteroatoms. The second-order valence-corrected chi connectivity index (χ2v) is 7.17. The molecule has 0 aromatic heterocycles. The number of aliphatic hydroxyl groups is 1. The Labute approximate surface area is 140 Å². The lowest BCUT2D eigenvalue weighted by Crippen LogP contribution is -2.51. The Morgan fingerprint density at radius 1 is 1.21 bits per heavy atom.